The van der Waals surface area contributed by atoms with Crippen molar-refractivity contribution in [3.05, 3.63) is 84.1 Å². The van der Waals surface area contributed by atoms with Crippen LogP contribution in [0.15, 0.2) is 82.8 Å². The Bertz CT molecular complexity index is 1260. The van der Waals surface area contributed by atoms with Crippen molar-refractivity contribution in [3.8, 4) is 5.75 Å². The van der Waals surface area contributed by atoms with E-state index in [2.05, 4.69) is 27.3 Å². The summed E-state index contributed by atoms with van der Waals surface area (Å²) in [4.78, 5) is 19.3. The van der Waals surface area contributed by atoms with E-state index in [9.17, 15) is 13.2 Å². The van der Waals surface area contributed by atoms with Gasteiger partial charge in [0.05, 0.1) is 17.4 Å². The van der Waals surface area contributed by atoms with E-state index in [1.54, 1.807) is 26.2 Å². The molecule has 8 nitrogen and oxygen atoms in total. The Morgan fingerprint density at radius 1 is 1.00 bits per heavy atom. The summed E-state index contributed by atoms with van der Waals surface area (Å²) in [6, 6.07) is 20.9. The first kappa shape index (κ1) is 27.1. The second kappa shape index (κ2) is 12.6. The zero-order valence-corrected chi connectivity index (χ0v) is 22.7. The predicted molar refractivity (Wildman–Crippen MR) is 145 cm³/mol. The Balaban J connectivity index is 1.27. The summed E-state index contributed by atoms with van der Waals surface area (Å²) >= 11 is 1.29. The van der Waals surface area contributed by atoms with Crippen molar-refractivity contribution in [1.29, 1.82) is 0 Å². The zero-order chi connectivity index (χ0) is 26.3. The predicted octanol–water partition coefficient (Wildman–Crippen LogP) is 3.39. The summed E-state index contributed by atoms with van der Waals surface area (Å²) in [6.07, 6.45) is 1.38. The number of benzene rings is 2. The quantitative estimate of drug-likeness (QED) is 0.394. The molecule has 10 heteroatoms. The van der Waals surface area contributed by atoms with Gasteiger partial charge in [0.15, 0.2) is 0 Å². The third-order valence-corrected chi connectivity index (χ3v) is 9.15. The molecule has 3 aromatic rings. The highest BCUT2D eigenvalue weighted by molar-refractivity contribution is 8.00. The molecule has 1 saturated heterocycles. The van der Waals surface area contributed by atoms with Crippen molar-refractivity contribution in [1.82, 2.24) is 19.5 Å². The van der Waals surface area contributed by atoms with E-state index in [-0.39, 0.29) is 16.1 Å². The van der Waals surface area contributed by atoms with Gasteiger partial charge < -0.3 is 10.1 Å². The molecular formula is C27H32N4O4S2. The maximum atomic E-state index is 13.1. The van der Waals surface area contributed by atoms with Crippen LogP contribution in [0, 0.1) is 0 Å². The van der Waals surface area contributed by atoms with Crippen LogP contribution in [0.25, 0.3) is 0 Å². The number of piperazine rings is 1. The van der Waals surface area contributed by atoms with Gasteiger partial charge in [-0.2, -0.15) is 4.31 Å². The molecule has 196 valence electrons. The molecule has 0 unspecified atom stereocenters. The summed E-state index contributed by atoms with van der Waals surface area (Å²) in [5, 5.41) is 3.13. The van der Waals surface area contributed by atoms with Crippen LogP contribution in [0.4, 0.5) is 0 Å². The number of nitrogens with one attached hydrogen (secondary N) is 1. The van der Waals surface area contributed by atoms with Crippen LogP contribution >= 0.6 is 11.8 Å². The van der Waals surface area contributed by atoms with Crippen LogP contribution in [0.3, 0.4) is 0 Å². The number of amides is 1. The third-order valence-electron chi connectivity index (χ3n) is 6.22. The summed E-state index contributed by atoms with van der Waals surface area (Å²) in [6.45, 7) is 5.27. The molecule has 0 spiro atoms. The highest BCUT2D eigenvalue weighted by Gasteiger charge is 2.29. The number of methoxy groups -OCH3 is 1. The number of carbonyl (C=O) groups is 1. The standard InChI is InChI=1S/C27H32N4O4S2/c1-21(27(32)29-18-22-8-10-24(35-2)11-9-22)36-26-13-12-25(19-28-26)37(33,34)31-16-14-30(15-17-31)20-23-6-4-3-5-7-23/h3-13,19,21H,14-18,20H2,1-2H3,(H,29,32)/t21-/m1/s1. The number of aromatic nitrogens is 1. The fraction of sp³-hybridized carbons (Fsp3) is 0.333. The lowest BCUT2D eigenvalue weighted by molar-refractivity contribution is -0.120. The van der Waals surface area contributed by atoms with E-state index < -0.39 is 10.0 Å². The van der Waals surface area contributed by atoms with E-state index in [1.807, 2.05) is 42.5 Å². The minimum absolute atomic E-state index is 0.118. The lowest BCUT2D eigenvalue weighted by atomic mass is 10.2. The zero-order valence-electron chi connectivity index (χ0n) is 21.0. The molecule has 0 aliphatic carbocycles. The number of hydrogen-bond donors (Lipinski definition) is 1. The number of sulfonamides is 1. The maximum absolute atomic E-state index is 13.1. The van der Waals surface area contributed by atoms with E-state index in [1.165, 1.54) is 27.8 Å². The lowest BCUT2D eigenvalue weighted by Gasteiger charge is -2.33. The first-order valence-corrected chi connectivity index (χ1v) is 14.5. The second-order valence-corrected chi connectivity index (χ2v) is 12.1. The molecule has 1 N–H and O–H groups in total. The first-order chi connectivity index (χ1) is 17.8. The van der Waals surface area contributed by atoms with Gasteiger partial charge in [0.2, 0.25) is 15.9 Å². The maximum Gasteiger partial charge on any atom is 0.244 e. The minimum Gasteiger partial charge on any atom is -0.497 e. The van der Waals surface area contributed by atoms with Gasteiger partial charge in [-0.3, -0.25) is 9.69 Å². The molecule has 1 atom stereocenters. The van der Waals surface area contributed by atoms with Crippen LogP contribution in [0.2, 0.25) is 0 Å². The number of rotatable bonds is 10. The van der Waals surface area contributed by atoms with Crippen molar-refractivity contribution in [2.75, 3.05) is 33.3 Å². The van der Waals surface area contributed by atoms with Crippen molar-refractivity contribution in [2.45, 2.75) is 35.2 Å². The van der Waals surface area contributed by atoms with Gasteiger partial charge in [0.25, 0.3) is 0 Å². The number of pyridine rings is 1. The van der Waals surface area contributed by atoms with E-state index in [0.717, 1.165) is 17.9 Å². The van der Waals surface area contributed by atoms with Crippen LogP contribution in [-0.4, -0.2) is 67.1 Å². The van der Waals surface area contributed by atoms with Crippen LogP contribution in [0.5, 0.6) is 5.75 Å². The van der Waals surface area contributed by atoms with Gasteiger partial charge in [0, 0.05) is 45.5 Å². The smallest absolute Gasteiger partial charge is 0.244 e. The fourth-order valence-corrected chi connectivity index (χ4v) is 6.20. The van der Waals surface area contributed by atoms with E-state index in [0.29, 0.717) is 37.7 Å². The average molecular weight is 541 g/mol. The average Bonchev–Trinajstić information content (AvgIpc) is 2.93. The van der Waals surface area contributed by atoms with Gasteiger partial charge in [-0.25, -0.2) is 13.4 Å². The number of hydrogen-bond acceptors (Lipinski definition) is 7. The number of ether oxygens (including phenoxy) is 1. The van der Waals surface area contributed by atoms with Gasteiger partial charge in [-0.15, -0.1) is 0 Å². The minimum atomic E-state index is -3.62. The highest BCUT2D eigenvalue weighted by atomic mass is 32.2. The highest BCUT2D eigenvalue weighted by Crippen LogP contribution is 2.24. The van der Waals surface area contributed by atoms with E-state index in [4.69, 9.17) is 4.74 Å². The number of carbonyl (C=O) groups excluding carboxylic acids is 1. The van der Waals surface area contributed by atoms with Gasteiger partial charge in [0.1, 0.15) is 10.6 Å². The van der Waals surface area contributed by atoms with Crippen molar-refractivity contribution >= 4 is 27.7 Å². The largest absolute Gasteiger partial charge is 0.497 e. The molecule has 1 fully saturated rings. The fourth-order valence-electron chi connectivity index (χ4n) is 4.02. The van der Waals surface area contributed by atoms with Gasteiger partial charge >= 0.3 is 0 Å². The molecule has 2 aromatic carbocycles. The Kier molecular flexibility index (Phi) is 9.20. The molecule has 2 heterocycles. The van der Waals surface area contributed by atoms with Gasteiger partial charge in [-0.05, 0) is 42.3 Å². The van der Waals surface area contributed by atoms with E-state index >= 15 is 0 Å². The molecule has 1 aromatic heterocycles. The van der Waals surface area contributed by atoms with Crippen LogP contribution in [-0.2, 0) is 27.9 Å². The molecule has 1 aliphatic rings. The van der Waals surface area contributed by atoms with Crippen molar-refractivity contribution < 1.29 is 17.9 Å². The lowest BCUT2D eigenvalue weighted by Crippen LogP contribution is -2.48. The van der Waals surface area contributed by atoms with Crippen molar-refractivity contribution in [3.63, 3.8) is 0 Å². The number of thioether (sulfide) groups is 1. The molecule has 37 heavy (non-hydrogen) atoms. The third kappa shape index (κ3) is 7.32. The molecule has 1 aliphatic heterocycles. The Hall–Kier alpha value is -2.92. The Labute approximate surface area is 223 Å². The summed E-state index contributed by atoms with van der Waals surface area (Å²) in [5.74, 6) is 0.647. The molecule has 0 saturated carbocycles. The SMILES string of the molecule is COc1ccc(CNC(=O)[C@@H](C)Sc2ccc(S(=O)(=O)N3CCN(Cc4ccccc4)CC3)cn2)cc1. The molecular weight excluding hydrogens is 508 g/mol. The normalized spacial score (nSPS) is 15.7. The van der Waals surface area contributed by atoms with Gasteiger partial charge in [-0.1, -0.05) is 54.2 Å². The Morgan fingerprint density at radius 3 is 2.32 bits per heavy atom. The second-order valence-electron chi connectivity index (χ2n) is 8.82. The van der Waals surface area contributed by atoms with Crippen LogP contribution < -0.4 is 10.1 Å². The van der Waals surface area contributed by atoms with Crippen molar-refractivity contribution in [2.24, 2.45) is 0 Å². The first-order valence-electron chi connectivity index (χ1n) is 12.1. The Morgan fingerprint density at radius 2 is 1.70 bits per heavy atom. The number of nitrogens with zero attached hydrogens (tertiary/aromatic N) is 3. The monoisotopic (exact) mass is 540 g/mol. The summed E-state index contributed by atoms with van der Waals surface area (Å²) in [7, 11) is -2.01. The topological polar surface area (TPSA) is 91.8 Å². The summed E-state index contributed by atoms with van der Waals surface area (Å²) < 4.78 is 33.0. The van der Waals surface area contributed by atoms with Crippen LogP contribution in [0.1, 0.15) is 18.1 Å². The molecule has 0 bridgehead atoms. The molecule has 1 amide bonds. The molecule has 4 rings (SSSR count). The molecule has 0 radical (unpaired) electrons. The summed E-state index contributed by atoms with van der Waals surface area (Å²) in [5.41, 5.74) is 2.19.